The van der Waals surface area contributed by atoms with Gasteiger partial charge in [0, 0.05) is 16.8 Å². The van der Waals surface area contributed by atoms with Gasteiger partial charge < -0.3 is 5.32 Å². The number of halogens is 1. The van der Waals surface area contributed by atoms with Crippen molar-refractivity contribution in [2.45, 2.75) is 13.0 Å². The van der Waals surface area contributed by atoms with E-state index >= 15 is 0 Å². The highest BCUT2D eigenvalue weighted by Crippen LogP contribution is 2.22. The highest BCUT2D eigenvalue weighted by Gasteiger charge is 2.13. The molecule has 0 aliphatic rings. The standard InChI is InChI=1S/C12H10FN3S/c1-8-7-17-12(15-8)11(6-14)16-10-4-2-9(13)3-5-10/h2-5,7,11,16H,1H3. The van der Waals surface area contributed by atoms with E-state index in [4.69, 9.17) is 5.26 Å². The van der Waals surface area contributed by atoms with Crippen molar-refractivity contribution in [3.05, 3.63) is 46.2 Å². The van der Waals surface area contributed by atoms with Crippen molar-refractivity contribution < 1.29 is 4.39 Å². The molecular formula is C12H10FN3S. The molecule has 1 atom stereocenters. The van der Waals surface area contributed by atoms with Crippen LogP contribution < -0.4 is 5.32 Å². The van der Waals surface area contributed by atoms with E-state index < -0.39 is 6.04 Å². The van der Waals surface area contributed by atoms with Crippen LogP contribution in [0.2, 0.25) is 0 Å². The zero-order chi connectivity index (χ0) is 12.3. The molecule has 1 aromatic carbocycles. The fourth-order valence-electron chi connectivity index (χ4n) is 1.37. The minimum atomic E-state index is -0.501. The third-order valence-electron chi connectivity index (χ3n) is 2.17. The van der Waals surface area contributed by atoms with Gasteiger partial charge >= 0.3 is 0 Å². The Morgan fingerprint density at radius 3 is 2.65 bits per heavy atom. The first-order valence-corrected chi connectivity index (χ1v) is 5.91. The summed E-state index contributed by atoms with van der Waals surface area (Å²) >= 11 is 1.43. The van der Waals surface area contributed by atoms with Gasteiger partial charge in [0.05, 0.1) is 6.07 Å². The second kappa shape index (κ2) is 4.93. The predicted octanol–water partition coefficient (Wildman–Crippen LogP) is 3.27. The van der Waals surface area contributed by atoms with Crippen LogP contribution in [0.5, 0.6) is 0 Å². The summed E-state index contributed by atoms with van der Waals surface area (Å²) in [6.45, 7) is 1.88. The molecule has 1 heterocycles. The molecule has 0 amide bonds. The van der Waals surface area contributed by atoms with Gasteiger partial charge in [0.2, 0.25) is 0 Å². The number of anilines is 1. The molecule has 0 fully saturated rings. The molecule has 2 aromatic rings. The third kappa shape index (κ3) is 2.80. The van der Waals surface area contributed by atoms with Gasteiger partial charge in [-0.1, -0.05) is 0 Å². The van der Waals surface area contributed by atoms with E-state index in [9.17, 15) is 4.39 Å². The van der Waals surface area contributed by atoms with Crippen LogP contribution in [0.4, 0.5) is 10.1 Å². The summed E-state index contributed by atoms with van der Waals surface area (Å²) < 4.78 is 12.7. The molecule has 1 aromatic heterocycles. The van der Waals surface area contributed by atoms with Gasteiger partial charge in [-0.15, -0.1) is 11.3 Å². The second-order valence-electron chi connectivity index (χ2n) is 3.54. The lowest BCUT2D eigenvalue weighted by Gasteiger charge is -2.09. The molecule has 0 spiro atoms. The lowest BCUT2D eigenvalue weighted by Crippen LogP contribution is -2.08. The molecule has 0 aliphatic carbocycles. The van der Waals surface area contributed by atoms with Gasteiger partial charge in [-0.2, -0.15) is 5.26 Å². The maximum Gasteiger partial charge on any atom is 0.166 e. The Morgan fingerprint density at radius 2 is 2.12 bits per heavy atom. The van der Waals surface area contributed by atoms with Gasteiger partial charge in [-0.05, 0) is 31.2 Å². The SMILES string of the molecule is Cc1csc(C(C#N)Nc2ccc(F)cc2)n1. The maximum atomic E-state index is 12.7. The van der Waals surface area contributed by atoms with Crippen molar-refractivity contribution in [1.82, 2.24) is 4.98 Å². The Bertz CT molecular complexity index is 542. The number of nitrogens with zero attached hydrogens (tertiary/aromatic N) is 2. The van der Waals surface area contributed by atoms with Crippen molar-refractivity contribution in [1.29, 1.82) is 5.26 Å². The molecular weight excluding hydrogens is 237 g/mol. The van der Waals surface area contributed by atoms with Crippen LogP contribution in [0.1, 0.15) is 16.7 Å². The number of aryl methyl sites for hydroxylation is 1. The molecule has 1 N–H and O–H groups in total. The van der Waals surface area contributed by atoms with Crippen molar-refractivity contribution in [2.24, 2.45) is 0 Å². The van der Waals surface area contributed by atoms with E-state index in [1.54, 1.807) is 12.1 Å². The Morgan fingerprint density at radius 1 is 1.41 bits per heavy atom. The molecule has 17 heavy (non-hydrogen) atoms. The predicted molar refractivity (Wildman–Crippen MR) is 65.2 cm³/mol. The number of nitrogens with one attached hydrogen (secondary N) is 1. The molecule has 3 nitrogen and oxygen atoms in total. The number of benzene rings is 1. The van der Waals surface area contributed by atoms with Crippen LogP contribution in [0.3, 0.4) is 0 Å². The van der Waals surface area contributed by atoms with Crippen molar-refractivity contribution in [3.63, 3.8) is 0 Å². The lowest BCUT2D eigenvalue weighted by molar-refractivity contribution is 0.628. The third-order valence-corrected chi connectivity index (χ3v) is 3.20. The summed E-state index contributed by atoms with van der Waals surface area (Å²) in [5.41, 5.74) is 1.59. The van der Waals surface area contributed by atoms with Crippen molar-refractivity contribution in [2.75, 3.05) is 5.32 Å². The topological polar surface area (TPSA) is 48.7 Å². The number of hydrogen-bond acceptors (Lipinski definition) is 4. The summed E-state index contributed by atoms with van der Waals surface area (Å²) in [4.78, 5) is 4.26. The van der Waals surface area contributed by atoms with E-state index in [2.05, 4.69) is 16.4 Å². The van der Waals surface area contributed by atoms with E-state index in [1.165, 1.54) is 23.5 Å². The minimum absolute atomic E-state index is 0.297. The summed E-state index contributed by atoms with van der Waals surface area (Å²) in [6.07, 6.45) is 0. The van der Waals surface area contributed by atoms with Crippen molar-refractivity contribution in [3.8, 4) is 6.07 Å². The Kier molecular flexibility index (Phi) is 3.35. The smallest absolute Gasteiger partial charge is 0.166 e. The van der Waals surface area contributed by atoms with Crippen LogP contribution in [0.25, 0.3) is 0 Å². The van der Waals surface area contributed by atoms with Crippen LogP contribution >= 0.6 is 11.3 Å². The molecule has 0 bridgehead atoms. The second-order valence-corrected chi connectivity index (χ2v) is 4.43. The molecule has 5 heteroatoms. The zero-order valence-corrected chi connectivity index (χ0v) is 9.96. The molecule has 0 aliphatic heterocycles. The van der Waals surface area contributed by atoms with E-state index in [0.29, 0.717) is 10.7 Å². The van der Waals surface area contributed by atoms with E-state index in [1.807, 2.05) is 12.3 Å². The van der Waals surface area contributed by atoms with Gasteiger partial charge in [0.25, 0.3) is 0 Å². The summed E-state index contributed by atoms with van der Waals surface area (Å²) in [6, 6.07) is 7.53. The molecule has 2 rings (SSSR count). The molecule has 1 unspecified atom stereocenters. The van der Waals surface area contributed by atoms with E-state index in [-0.39, 0.29) is 5.82 Å². The van der Waals surface area contributed by atoms with Gasteiger partial charge in [-0.3, -0.25) is 0 Å². The largest absolute Gasteiger partial charge is 0.364 e. The number of rotatable bonds is 3. The highest BCUT2D eigenvalue weighted by molar-refractivity contribution is 7.09. The maximum absolute atomic E-state index is 12.7. The Labute approximate surface area is 103 Å². The Hall–Kier alpha value is -1.93. The Balaban J connectivity index is 2.16. The molecule has 86 valence electrons. The number of hydrogen-bond donors (Lipinski definition) is 1. The fraction of sp³-hybridized carbons (Fsp3) is 0.167. The average molecular weight is 247 g/mol. The fourth-order valence-corrected chi connectivity index (χ4v) is 2.16. The first-order valence-electron chi connectivity index (χ1n) is 5.03. The number of aromatic nitrogens is 1. The number of nitriles is 1. The number of thiazole rings is 1. The van der Waals surface area contributed by atoms with Gasteiger partial charge in [-0.25, -0.2) is 9.37 Å². The average Bonchev–Trinajstić information content (AvgIpc) is 2.75. The van der Waals surface area contributed by atoms with Crippen LogP contribution in [-0.2, 0) is 0 Å². The minimum Gasteiger partial charge on any atom is -0.364 e. The van der Waals surface area contributed by atoms with Crippen LogP contribution in [0.15, 0.2) is 29.6 Å². The van der Waals surface area contributed by atoms with Crippen molar-refractivity contribution >= 4 is 17.0 Å². The zero-order valence-electron chi connectivity index (χ0n) is 9.14. The van der Waals surface area contributed by atoms with Gasteiger partial charge in [0.1, 0.15) is 10.8 Å². The summed E-state index contributed by atoms with van der Waals surface area (Å²) in [7, 11) is 0. The van der Waals surface area contributed by atoms with Crippen LogP contribution in [0, 0.1) is 24.1 Å². The van der Waals surface area contributed by atoms with E-state index in [0.717, 1.165) is 5.69 Å². The monoisotopic (exact) mass is 247 g/mol. The first kappa shape index (κ1) is 11.6. The molecule has 0 saturated heterocycles. The van der Waals surface area contributed by atoms with Gasteiger partial charge in [0.15, 0.2) is 6.04 Å². The first-order chi connectivity index (χ1) is 8.19. The summed E-state index contributed by atoms with van der Waals surface area (Å²) in [5.74, 6) is -0.297. The quantitative estimate of drug-likeness (QED) is 0.905. The summed E-state index contributed by atoms with van der Waals surface area (Å²) in [5, 5.41) is 14.7. The lowest BCUT2D eigenvalue weighted by atomic mass is 10.2. The molecule has 0 saturated carbocycles. The molecule has 0 radical (unpaired) electrons. The van der Waals surface area contributed by atoms with Crippen LogP contribution in [-0.4, -0.2) is 4.98 Å². The normalized spacial score (nSPS) is 11.8. The highest BCUT2D eigenvalue weighted by atomic mass is 32.1.